The summed E-state index contributed by atoms with van der Waals surface area (Å²) < 4.78 is 2.31. The number of halogens is 1. The molecule has 0 saturated heterocycles. The molecule has 166 valence electrons. The van der Waals surface area contributed by atoms with Gasteiger partial charge in [0, 0.05) is 19.8 Å². The van der Waals surface area contributed by atoms with E-state index in [1.165, 1.54) is 38.4 Å². The van der Waals surface area contributed by atoms with E-state index in [0.717, 1.165) is 51.7 Å². The van der Waals surface area contributed by atoms with Crippen LogP contribution in [0.25, 0.3) is 21.3 Å². The Balaban J connectivity index is 1.50. The van der Waals surface area contributed by atoms with Crippen LogP contribution >= 0.6 is 38.6 Å². The molecule has 3 aromatic heterocycles. The Kier molecular flexibility index (Phi) is 5.91. The molecule has 3 heterocycles. The number of amides is 1. The van der Waals surface area contributed by atoms with Gasteiger partial charge in [0.25, 0.3) is 5.56 Å². The first kappa shape index (κ1) is 22.0. The van der Waals surface area contributed by atoms with Gasteiger partial charge in [0.1, 0.15) is 22.4 Å². The average Bonchev–Trinajstić information content (AvgIpc) is 3.49. The SMILES string of the molecule is CCc1sc2ncn(CC(=O)Nc3sc4c(c3C#N)CCC4)c(=O)c2c1-c1ccc(Br)cc1. The van der Waals surface area contributed by atoms with Crippen LogP contribution in [-0.4, -0.2) is 15.5 Å². The highest BCUT2D eigenvalue weighted by atomic mass is 79.9. The summed E-state index contributed by atoms with van der Waals surface area (Å²) in [5.74, 6) is -0.342. The molecule has 9 heteroatoms. The van der Waals surface area contributed by atoms with Gasteiger partial charge in [0.05, 0.1) is 17.3 Å². The van der Waals surface area contributed by atoms with Gasteiger partial charge < -0.3 is 5.32 Å². The first-order valence-corrected chi connectivity index (χ1v) is 13.0. The van der Waals surface area contributed by atoms with Gasteiger partial charge in [-0.15, -0.1) is 22.7 Å². The maximum atomic E-state index is 13.4. The lowest BCUT2D eigenvalue weighted by molar-refractivity contribution is -0.116. The number of nitrogens with zero attached hydrogens (tertiary/aromatic N) is 3. The Hall–Kier alpha value is -2.80. The number of hydrogen-bond acceptors (Lipinski definition) is 6. The molecule has 0 unspecified atom stereocenters. The zero-order chi connectivity index (χ0) is 23.1. The van der Waals surface area contributed by atoms with Crippen LogP contribution in [0.1, 0.15) is 34.2 Å². The van der Waals surface area contributed by atoms with Crippen molar-refractivity contribution >= 4 is 59.7 Å². The number of carbonyl (C=O) groups excluding carboxylic acids is 1. The summed E-state index contributed by atoms with van der Waals surface area (Å²) in [5, 5.41) is 13.5. The molecule has 1 aromatic carbocycles. The van der Waals surface area contributed by atoms with Crippen LogP contribution in [0.3, 0.4) is 0 Å². The number of carbonyl (C=O) groups is 1. The number of hydrogen-bond donors (Lipinski definition) is 1. The van der Waals surface area contributed by atoms with Crippen molar-refractivity contribution in [2.24, 2.45) is 0 Å². The maximum absolute atomic E-state index is 13.4. The minimum Gasteiger partial charge on any atom is -0.315 e. The van der Waals surface area contributed by atoms with Gasteiger partial charge in [-0.25, -0.2) is 4.98 Å². The molecule has 0 fully saturated rings. The number of benzene rings is 1. The van der Waals surface area contributed by atoms with Crippen molar-refractivity contribution in [3.05, 3.63) is 66.3 Å². The predicted octanol–water partition coefficient (Wildman–Crippen LogP) is 5.51. The van der Waals surface area contributed by atoms with E-state index in [0.29, 0.717) is 20.8 Å². The zero-order valence-electron chi connectivity index (χ0n) is 17.8. The second kappa shape index (κ2) is 8.86. The van der Waals surface area contributed by atoms with E-state index in [1.54, 1.807) is 0 Å². The summed E-state index contributed by atoms with van der Waals surface area (Å²) in [5.41, 5.74) is 3.22. The highest BCUT2D eigenvalue weighted by Crippen LogP contribution is 2.39. The lowest BCUT2D eigenvalue weighted by atomic mass is 10.0. The van der Waals surface area contributed by atoms with Gasteiger partial charge in [0.2, 0.25) is 5.91 Å². The fourth-order valence-corrected chi connectivity index (χ4v) is 6.90. The van der Waals surface area contributed by atoms with Gasteiger partial charge >= 0.3 is 0 Å². The molecule has 0 atom stereocenters. The van der Waals surface area contributed by atoms with Gasteiger partial charge in [-0.2, -0.15) is 5.26 Å². The molecule has 0 aliphatic heterocycles. The van der Waals surface area contributed by atoms with E-state index in [1.807, 2.05) is 24.3 Å². The van der Waals surface area contributed by atoms with E-state index >= 15 is 0 Å². The number of nitriles is 1. The molecule has 1 aliphatic rings. The van der Waals surface area contributed by atoms with Gasteiger partial charge in [0.15, 0.2) is 0 Å². The number of fused-ring (bicyclic) bond motifs is 2. The van der Waals surface area contributed by atoms with E-state index < -0.39 is 0 Å². The first-order chi connectivity index (χ1) is 16.0. The van der Waals surface area contributed by atoms with Gasteiger partial charge in [-0.3, -0.25) is 14.2 Å². The van der Waals surface area contributed by atoms with Gasteiger partial charge in [-0.05, 0) is 48.9 Å². The van der Waals surface area contributed by atoms with Gasteiger partial charge in [-0.1, -0.05) is 35.0 Å². The first-order valence-electron chi connectivity index (χ1n) is 10.6. The zero-order valence-corrected chi connectivity index (χ0v) is 21.0. The number of anilines is 1. The van der Waals surface area contributed by atoms with Crippen LogP contribution in [0.5, 0.6) is 0 Å². The Bertz CT molecular complexity index is 1490. The van der Waals surface area contributed by atoms with Crippen LogP contribution in [0.15, 0.2) is 39.9 Å². The highest BCUT2D eigenvalue weighted by molar-refractivity contribution is 9.10. The lowest BCUT2D eigenvalue weighted by Crippen LogP contribution is -2.27. The van der Waals surface area contributed by atoms with E-state index in [-0.39, 0.29) is 18.0 Å². The topological polar surface area (TPSA) is 87.8 Å². The van der Waals surface area contributed by atoms with E-state index in [4.69, 9.17) is 0 Å². The number of rotatable bonds is 5. The van der Waals surface area contributed by atoms with Crippen molar-refractivity contribution in [2.75, 3.05) is 5.32 Å². The minimum absolute atomic E-state index is 0.160. The Morgan fingerprint density at radius 1 is 1.27 bits per heavy atom. The third-order valence-electron chi connectivity index (χ3n) is 5.81. The number of thiophene rings is 2. The monoisotopic (exact) mass is 538 g/mol. The minimum atomic E-state index is -0.342. The fourth-order valence-electron chi connectivity index (χ4n) is 4.29. The van der Waals surface area contributed by atoms with Crippen molar-refractivity contribution in [1.82, 2.24) is 9.55 Å². The molecular weight excluding hydrogens is 520 g/mol. The van der Waals surface area contributed by atoms with Crippen LogP contribution in [0.2, 0.25) is 0 Å². The second-order valence-electron chi connectivity index (χ2n) is 7.84. The molecule has 0 bridgehead atoms. The van der Waals surface area contributed by atoms with Crippen LogP contribution < -0.4 is 10.9 Å². The van der Waals surface area contributed by atoms with Crippen molar-refractivity contribution < 1.29 is 4.79 Å². The molecular formula is C24H19BrN4O2S2. The summed E-state index contributed by atoms with van der Waals surface area (Å²) in [7, 11) is 0. The summed E-state index contributed by atoms with van der Waals surface area (Å²) in [4.78, 5) is 33.7. The summed E-state index contributed by atoms with van der Waals surface area (Å²) in [6.07, 6.45) is 5.09. The molecule has 5 rings (SSSR count). The second-order valence-corrected chi connectivity index (χ2v) is 10.9. The molecule has 1 aliphatic carbocycles. The maximum Gasteiger partial charge on any atom is 0.263 e. The summed E-state index contributed by atoms with van der Waals surface area (Å²) >= 11 is 6.44. The van der Waals surface area contributed by atoms with Crippen molar-refractivity contribution in [1.29, 1.82) is 5.26 Å². The summed E-state index contributed by atoms with van der Waals surface area (Å²) in [6.45, 7) is 1.90. The van der Waals surface area contributed by atoms with Crippen molar-refractivity contribution in [2.45, 2.75) is 39.2 Å². The predicted molar refractivity (Wildman–Crippen MR) is 136 cm³/mol. The quantitative estimate of drug-likeness (QED) is 0.362. The number of aryl methyl sites for hydroxylation is 2. The Morgan fingerprint density at radius 2 is 2.06 bits per heavy atom. The molecule has 6 nitrogen and oxygen atoms in total. The van der Waals surface area contributed by atoms with Crippen LogP contribution in [0.4, 0.5) is 5.00 Å². The number of nitrogens with one attached hydrogen (secondary N) is 1. The lowest BCUT2D eigenvalue weighted by Gasteiger charge is -2.08. The molecule has 1 N–H and O–H groups in total. The fraction of sp³-hybridized carbons (Fsp3) is 0.250. The van der Waals surface area contributed by atoms with Crippen LogP contribution in [-0.2, 0) is 30.6 Å². The molecule has 0 radical (unpaired) electrons. The van der Waals surface area contributed by atoms with Crippen LogP contribution in [0, 0.1) is 11.3 Å². The van der Waals surface area contributed by atoms with E-state index in [9.17, 15) is 14.9 Å². The highest BCUT2D eigenvalue weighted by Gasteiger charge is 2.24. The average molecular weight is 539 g/mol. The molecule has 0 spiro atoms. The van der Waals surface area contributed by atoms with Crippen molar-refractivity contribution in [3.8, 4) is 17.2 Å². The standard InChI is InChI=1S/C24H19BrN4O2S2/c1-2-17-20(13-6-8-14(25)9-7-13)21-23(32-17)27-12-29(24(21)31)11-19(30)28-22-16(10-26)15-4-3-5-18(15)33-22/h6-9,12H,2-5,11H2,1H3,(H,28,30). The molecule has 4 aromatic rings. The number of aromatic nitrogens is 2. The third kappa shape index (κ3) is 3.92. The molecule has 1 amide bonds. The smallest absolute Gasteiger partial charge is 0.263 e. The Morgan fingerprint density at radius 3 is 2.79 bits per heavy atom. The largest absolute Gasteiger partial charge is 0.315 e. The molecule has 33 heavy (non-hydrogen) atoms. The van der Waals surface area contributed by atoms with Crippen molar-refractivity contribution in [3.63, 3.8) is 0 Å². The molecule has 0 saturated carbocycles. The summed E-state index contributed by atoms with van der Waals surface area (Å²) in [6, 6.07) is 10.1. The van der Waals surface area contributed by atoms with E-state index in [2.05, 4.69) is 39.2 Å². The normalized spacial score (nSPS) is 12.6. The Labute approximate surface area is 206 Å². The third-order valence-corrected chi connectivity index (χ3v) is 8.78.